The summed E-state index contributed by atoms with van der Waals surface area (Å²) >= 11 is 0. The van der Waals surface area contributed by atoms with Crippen LogP contribution in [0.3, 0.4) is 0 Å². The highest BCUT2D eigenvalue weighted by Crippen LogP contribution is 2.74. The highest BCUT2D eigenvalue weighted by Gasteiger charge is 2.71. The molecule has 0 N–H and O–H groups in total. The Morgan fingerprint density at radius 1 is 1.03 bits per heavy atom. The summed E-state index contributed by atoms with van der Waals surface area (Å²) < 4.78 is 6.95. The lowest BCUT2D eigenvalue weighted by Gasteiger charge is -2.57. The van der Waals surface area contributed by atoms with E-state index in [0.717, 1.165) is 58.2 Å². The molecule has 0 radical (unpaired) electrons. The molecule has 7 rings (SSSR count). The van der Waals surface area contributed by atoms with Crippen molar-refractivity contribution in [2.24, 2.45) is 58.7 Å². The van der Waals surface area contributed by atoms with Gasteiger partial charge in [-0.05, 0) is 110 Å². The van der Waals surface area contributed by atoms with E-state index < -0.39 is 0 Å². The van der Waals surface area contributed by atoms with E-state index in [1.807, 2.05) is 18.2 Å². The van der Waals surface area contributed by atoms with Crippen molar-refractivity contribution in [2.45, 2.75) is 65.2 Å². The summed E-state index contributed by atoms with van der Waals surface area (Å²) in [7, 11) is 1.65. The second kappa shape index (κ2) is 7.05. The van der Waals surface area contributed by atoms with Gasteiger partial charge in [-0.1, -0.05) is 25.5 Å². The molecule has 5 aliphatic carbocycles. The fourth-order valence-electron chi connectivity index (χ4n) is 9.84. The van der Waals surface area contributed by atoms with Crippen LogP contribution in [-0.2, 0) is 0 Å². The number of hydrogen-bond acceptors (Lipinski definition) is 4. The molecule has 0 bridgehead atoms. The number of hydrogen-bond donors (Lipinski definition) is 0. The van der Waals surface area contributed by atoms with Gasteiger partial charge in [-0.3, -0.25) is 4.79 Å². The summed E-state index contributed by atoms with van der Waals surface area (Å²) in [4.78, 5) is 14.0. The number of benzene rings is 1. The lowest BCUT2D eigenvalue weighted by atomic mass is 9.48. The van der Waals surface area contributed by atoms with Gasteiger partial charge in [0.2, 0.25) is 0 Å². The summed E-state index contributed by atoms with van der Waals surface area (Å²) in [6, 6.07) is 5.72. The molecule has 0 amide bonds. The van der Waals surface area contributed by atoms with E-state index in [0.29, 0.717) is 5.92 Å². The van der Waals surface area contributed by atoms with Crippen LogP contribution in [0.1, 0.15) is 70.0 Å². The van der Waals surface area contributed by atoms with Crippen LogP contribution in [-0.4, -0.2) is 28.0 Å². The van der Waals surface area contributed by atoms with Crippen LogP contribution in [0, 0.1) is 58.7 Å². The number of methoxy groups -OCH3 is 1. The minimum absolute atomic E-state index is 0.101. The molecule has 5 aliphatic rings. The minimum Gasteiger partial charge on any atom is -0.497 e. The molecular weight excluding hydrogens is 410 g/mol. The molecule has 5 fully saturated rings. The maximum Gasteiger partial charge on any atom is 0.252 e. The quantitative estimate of drug-likeness (QED) is 0.580. The van der Waals surface area contributed by atoms with E-state index >= 15 is 0 Å². The summed E-state index contributed by atoms with van der Waals surface area (Å²) in [5.41, 5.74) is 1.68. The lowest BCUT2D eigenvalue weighted by Crippen LogP contribution is -2.51. The van der Waals surface area contributed by atoms with Gasteiger partial charge in [0.05, 0.1) is 12.6 Å². The van der Waals surface area contributed by atoms with Crippen molar-refractivity contribution in [3.8, 4) is 5.75 Å². The van der Waals surface area contributed by atoms with E-state index in [4.69, 9.17) is 4.74 Å². The molecule has 1 aromatic heterocycles. The Balaban J connectivity index is 1.20. The zero-order valence-corrected chi connectivity index (χ0v) is 20.2. The third kappa shape index (κ3) is 2.80. The number of carbonyl (C=O) groups is 1. The van der Waals surface area contributed by atoms with Crippen molar-refractivity contribution in [1.82, 2.24) is 15.0 Å². The van der Waals surface area contributed by atoms with Crippen LogP contribution >= 0.6 is 0 Å². The average Bonchev–Trinajstić information content (AvgIpc) is 3.36. The lowest BCUT2D eigenvalue weighted by molar-refractivity contribution is -0.0759. The third-order valence-electron chi connectivity index (χ3n) is 11.1. The van der Waals surface area contributed by atoms with Gasteiger partial charge in [0.25, 0.3) is 5.91 Å². The first kappa shape index (κ1) is 20.5. The van der Waals surface area contributed by atoms with Gasteiger partial charge >= 0.3 is 0 Å². The molecule has 1 heterocycles. The molecule has 5 saturated carbocycles. The Bertz CT molecular complexity index is 1110. The maximum absolute atomic E-state index is 14.0. The second-order valence-corrected chi connectivity index (χ2v) is 12.6. The summed E-state index contributed by atoms with van der Waals surface area (Å²) in [6.07, 6.45) is 11.0. The normalized spacial score (nSPS) is 45.6. The summed E-state index contributed by atoms with van der Waals surface area (Å²) in [5.74, 6) is 7.76. The monoisotopic (exact) mass is 447 g/mol. The van der Waals surface area contributed by atoms with Gasteiger partial charge in [-0.2, -0.15) is 4.68 Å². The number of fused-ring (bicyclic) bond motifs is 8. The van der Waals surface area contributed by atoms with Gasteiger partial charge < -0.3 is 4.74 Å². The predicted octanol–water partition coefficient (Wildman–Crippen LogP) is 5.84. The SMILES string of the molecule is COc1ccc2c(c1)nnn2C(=O)[C@H]1[C@H]2C[C@H]2C2[C@@H]3CC[C@@H]4C[C@@H](C)CC[C@@H]4C3CC[C@@]21C. The Kier molecular flexibility index (Phi) is 4.37. The number of nitrogens with zero attached hydrogens (tertiary/aromatic N) is 3. The van der Waals surface area contributed by atoms with Crippen LogP contribution < -0.4 is 4.74 Å². The molecule has 33 heavy (non-hydrogen) atoms. The van der Waals surface area contributed by atoms with Crippen LogP contribution in [0.2, 0.25) is 0 Å². The Hall–Kier alpha value is -1.91. The fourth-order valence-corrected chi connectivity index (χ4v) is 9.84. The first-order chi connectivity index (χ1) is 16.0. The summed E-state index contributed by atoms with van der Waals surface area (Å²) in [6.45, 7) is 4.94. The van der Waals surface area contributed by atoms with Crippen molar-refractivity contribution in [2.75, 3.05) is 7.11 Å². The van der Waals surface area contributed by atoms with E-state index in [9.17, 15) is 4.79 Å². The number of carbonyl (C=O) groups excluding carboxylic acids is 1. The second-order valence-electron chi connectivity index (χ2n) is 12.6. The molecule has 0 aliphatic heterocycles. The molecule has 0 saturated heterocycles. The van der Waals surface area contributed by atoms with E-state index in [2.05, 4.69) is 24.2 Å². The highest BCUT2D eigenvalue weighted by atomic mass is 16.5. The van der Waals surface area contributed by atoms with Crippen LogP contribution in [0.25, 0.3) is 11.0 Å². The smallest absolute Gasteiger partial charge is 0.252 e. The van der Waals surface area contributed by atoms with Gasteiger partial charge in [0, 0.05) is 12.0 Å². The number of ether oxygens (including phenoxy) is 1. The molecule has 1 aromatic carbocycles. The maximum atomic E-state index is 14.0. The zero-order chi connectivity index (χ0) is 22.5. The molecule has 2 unspecified atom stereocenters. The first-order valence-corrected chi connectivity index (χ1v) is 13.4. The fraction of sp³-hybridized carbons (Fsp3) is 0.750. The standard InChI is InChI=1S/C28H37N3O2/c1-15-4-7-18-16(12-15)5-8-20-19(18)10-11-28(2)25(20)21-14-22(21)26(28)27(32)31-24-9-6-17(33-3)13-23(24)29-30-31/h6,9,13,15-16,18-22,25-26H,4-5,7-8,10-12,14H2,1-3H3/t15-,16+,18-,19?,20+,21+,22-,25?,26+,28-/m0/s1. The molecular formula is C28H37N3O2. The number of aromatic nitrogens is 3. The zero-order valence-electron chi connectivity index (χ0n) is 20.2. The topological polar surface area (TPSA) is 57.0 Å². The van der Waals surface area contributed by atoms with Crippen LogP contribution in [0.15, 0.2) is 18.2 Å². The van der Waals surface area contributed by atoms with Crippen molar-refractivity contribution in [1.29, 1.82) is 0 Å². The highest BCUT2D eigenvalue weighted by molar-refractivity contribution is 5.91. The molecule has 2 aromatic rings. The summed E-state index contributed by atoms with van der Waals surface area (Å²) in [5, 5.41) is 8.66. The largest absolute Gasteiger partial charge is 0.497 e. The van der Waals surface area contributed by atoms with Gasteiger partial charge in [-0.25, -0.2) is 0 Å². The van der Waals surface area contributed by atoms with Gasteiger partial charge in [-0.15, -0.1) is 5.10 Å². The van der Waals surface area contributed by atoms with E-state index in [-0.39, 0.29) is 17.2 Å². The van der Waals surface area contributed by atoms with E-state index in [1.54, 1.807) is 11.8 Å². The van der Waals surface area contributed by atoms with Crippen molar-refractivity contribution in [3.05, 3.63) is 18.2 Å². The Labute approximate surface area is 196 Å². The Morgan fingerprint density at radius 2 is 1.88 bits per heavy atom. The molecule has 10 atom stereocenters. The Morgan fingerprint density at radius 3 is 2.73 bits per heavy atom. The minimum atomic E-state index is 0.101. The molecule has 0 spiro atoms. The van der Waals surface area contributed by atoms with Crippen molar-refractivity contribution < 1.29 is 9.53 Å². The van der Waals surface area contributed by atoms with Crippen molar-refractivity contribution >= 4 is 16.9 Å². The first-order valence-electron chi connectivity index (χ1n) is 13.4. The predicted molar refractivity (Wildman–Crippen MR) is 127 cm³/mol. The van der Waals surface area contributed by atoms with E-state index in [1.165, 1.54) is 51.4 Å². The average molecular weight is 448 g/mol. The molecule has 5 nitrogen and oxygen atoms in total. The van der Waals surface area contributed by atoms with Crippen molar-refractivity contribution in [3.63, 3.8) is 0 Å². The third-order valence-corrected chi connectivity index (χ3v) is 11.1. The molecule has 5 heteroatoms. The number of rotatable bonds is 2. The van der Waals surface area contributed by atoms with Crippen LogP contribution in [0.5, 0.6) is 5.75 Å². The van der Waals surface area contributed by atoms with Gasteiger partial charge in [0.1, 0.15) is 11.3 Å². The van der Waals surface area contributed by atoms with Crippen LogP contribution in [0.4, 0.5) is 0 Å². The van der Waals surface area contributed by atoms with Gasteiger partial charge in [0.15, 0.2) is 0 Å². The molecule has 176 valence electrons.